The standard InChI is InChI=1S/C17H17ClN2/c18-16-14-7-3-4-8-15(14)19-17(20-16)13-10-9-11-5-1-2-6-12(11)13/h1-2,5-6,13H,3-4,7-10H2. The van der Waals surface area contributed by atoms with Crippen LogP contribution < -0.4 is 0 Å². The van der Waals surface area contributed by atoms with Crippen molar-refractivity contribution < 1.29 is 0 Å². The van der Waals surface area contributed by atoms with Gasteiger partial charge in [0, 0.05) is 17.2 Å². The van der Waals surface area contributed by atoms with Crippen LogP contribution in [0.2, 0.25) is 5.15 Å². The van der Waals surface area contributed by atoms with Crippen LogP contribution in [-0.2, 0) is 19.3 Å². The molecule has 0 fully saturated rings. The van der Waals surface area contributed by atoms with Crippen molar-refractivity contribution in [2.24, 2.45) is 0 Å². The second kappa shape index (κ2) is 4.85. The molecule has 2 aromatic rings. The van der Waals surface area contributed by atoms with E-state index in [9.17, 15) is 0 Å². The maximum Gasteiger partial charge on any atom is 0.137 e. The zero-order chi connectivity index (χ0) is 13.5. The van der Waals surface area contributed by atoms with Gasteiger partial charge in [-0.2, -0.15) is 0 Å². The summed E-state index contributed by atoms with van der Waals surface area (Å²) >= 11 is 6.40. The first-order chi connectivity index (χ1) is 9.83. The normalized spacial score (nSPS) is 20.6. The number of nitrogens with zero attached hydrogens (tertiary/aromatic N) is 2. The lowest BCUT2D eigenvalue weighted by atomic mass is 9.96. The van der Waals surface area contributed by atoms with E-state index in [1.807, 2.05) is 0 Å². The summed E-state index contributed by atoms with van der Waals surface area (Å²) in [7, 11) is 0. The van der Waals surface area contributed by atoms with E-state index < -0.39 is 0 Å². The molecule has 20 heavy (non-hydrogen) atoms. The molecule has 0 saturated carbocycles. The van der Waals surface area contributed by atoms with Crippen molar-refractivity contribution in [3.05, 3.63) is 57.6 Å². The molecule has 4 rings (SSSR count). The first-order valence-electron chi connectivity index (χ1n) is 7.46. The molecule has 1 heterocycles. The summed E-state index contributed by atoms with van der Waals surface area (Å²) < 4.78 is 0. The average Bonchev–Trinajstić information content (AvgIpc) is 2.91. The van der Waals surface area contributed by atoms with Crippen molar-refractivity contribution in [1.29, 1.82) is 0 Å². The average molecular weight is 285 g/mol. The molecule has 1 unspecified atom stereocenters. The molecule has 0 bridgehead atoms. The Morgan fingerprint density at radius 3 is 2.80 bits per heavy atom. The second-order valence-corrected chi connectivity index (χ2v) is 6.15. The molecule has 2 aliphatic carbocycles. The monoisotopic (exact) mass is 284 g/mol. The van der Waals surface area contributed by atoms with Crippen molar-refractivity contribution in [1.82, 2.24) is 9.97 Å². The Morgan fingerprint density at radius 2 is 1.85 bits per heavy atom. The molecule has 0 amide bonds. The number of fused-ring (bicyclic) bond motifs is 2. The van der Waals surface area contributed by atoms with Gasteiger partial charge in [0.2, 0.25) is 0 Å². The highest BCUT2D eigenvalue weighted by atomic mass is 35.5. The zero-order valence-corrected chi connectivity index (χ0v) is 12.2. The van der Waals surface area contributed by atoms with Gasteiger partial charge in [0.1, 0.15) is 11.0 Å². The molecule has 1 aromatic carbocycles. The molecular formula is C17H17ClN2. The third-order valence-electron chi connectivity index (χ3n) is 4.59. The minimum absolute atomic E-state index is 0.330. The van der Waals surface area contributed by atoms with Crippen molar-refractivity contribution in [3.63, 3.8) is 0 Å². The van der Waals surface area contributed by atoms with Gasteiger partial charge in [0.05, 0.1) is 0 Å². The second-order valence-electron chi connectivity index (χ2n) is 5.80. The smallest absolute Gasteiger partial charge is 0.137 e. The molecule has 2 aliphatic rings. The first kappa shape index (κ1) is 12.3. The van der Waals surface area contributed by atoms with Crippen LogP contribution in [0, 0.1) is 0 Å². The van der Waals surface area contributed by atoms with Crippen LogP contribution in [0.1, 0.15) is 53.4 Å². The molecule has 0 saturated heterocycles. The van der Waals surface area contributed by atoms with E-state index in [0.29, 0.717) is 11.1 Å². The molecule has 2 nitrogen and oxygen atoms in total. The van der Waals surface area contributed by atoms with Gasteiger partial charge in [-0.15, -0.1) is 0 Å². The summed E-state index contributed by atoms with van der Waals surface area (Å²) in [6.45, 7) is 0. The van der Waals surface area contributed by atoms with Crippen molar-refractivity contribution in [2.75, 3.05) is 0 Å². The van der Waals surface area contributed by atoms with Gasteiger partial charge in [-0.05, 0) is 49.7 Å². The largest absolute Gasteiger partial charge is 0.237 e. The minimum atomic E-state index is 0.330. The predicted octanol–water partition coefficient (Wildman–Crippen LogP) is 4.09. The number of aromatic nitrogens is 2. The number of aryl methyl sites for hydroxylation is 2. The molecule has 3 heteroatoms. The summed E-state index contributed by atoms with van der Waals surface area (Å²) in [6.07, 6.45) is 6.75. The highest BCUT2D eigenvalue weighted by Gasteiger charge is 2.27. The van der Waals surface area contributed by atoms with Crippen LogP contribution >= 0.6 is 11.6 Å². The van der Waals surface area contributed by atoms with E-state index in [0.717, 1.165) is 31.5 Å². The fourth-order valence-electron chi connectivity index (χ4n) is 3.55. The van der Waals surface area contributed by atoms with Gasteiger partial charge in [-0.3, -0.25) is 0 Å². The molecular weight excluding hydrogens is 268 g/mol. The lowest BCUT2D eigenvalue weighted by molar-refractivity contribution is 0.639. The Hall–Kier alpha value is -1.41. The van der Waals surface area contributed by atoms with Crippen LogP contribution in [0.5, 0.6) is 0 Å². The molecule has 0 N–H and O–H groups in total. The number of benzene rings is 1. The van der Waals surface area contributed by atoms with Crippen molar-refractivity contribution in [2.45, 2.75) is 44.4 Å². The summed E-state index contributed by atoms with van der Waals surface area (Å²) in [6, 6.07) is 8.65. The van der Waals surface area contributed by atoms with Crippen molar-refractivity contribution in [3.8, 4) is 0 Å². The highest BCUT2D eigenvalue weighted by Crippen LogP contribution is 2.37. The van der Waals surface area contributed by atoms with Crippen LogP contribution in [0.15, 0.2) is 24.3 Å². The minimum Gasteiger partial charge on any atom is -0.237 e. The Balaban J connectivity index is 1.79. The van der Waals surface area contributed by atoms with Crippen LogP contribution in [0.3, 0.4) is 0 Å². The maximum absolute atomic E-state index is 6.40. The van der Waals surface area contributed by atoms with Gasteiger partial charge < -0.3 is 0 Å². The molecule has 1 atom stereocenters. The van der Waals surface area contributed by atoms with Crippen LogP contribution in [0.25, 0.3) is 0 Å². The lowest BCUT2D eigenvalue weighted by Crippen LogP contribution is -2.12. The maximum atomic E-state index is 6.40. The number of halogens is 1. The number of rotatable bonds is 1. The van der Waals surface area contributed by atoms with Crippen LogP contribution in [-0.4, -0.2) is 9.97 Å². The summed E-state index contributed by atoms with van der Waals surface area (Å²) in [5.41, 5.74) is 5.21. The fraction of sp³-hybridized carbons (Fsp3) is 0.412. The van der Waals surface area contributed by atoms with E-state index in [1.54, 1.807) is 0 Å². The van der Waals surface area contributed by atoms with Crippen LogP contribution in [0.4, 0.5) is 0 Å². The third-order valence-corrected chi connectivity index (χ3v) is 4.91. The van der Waals surface area contributed by atoms with Gasteiger partial charge >= 0.3 is 0 Å². The molecule has 0 aliphatic heterocycles. The lowest BCUT2D eigenvalue weighted by Gasteiger charge is -2.19. The van der Waals surface area contributed by atoms with Gasteiger partial charge in [0.25, 0.3) is 0 Å². The third kappa shape index (κ3) is 1.94. The Bertz CT molecular complexity index is 666. The van der Waals surface area contributed by atoms with E-state index >= 15 is 0 Å². The Morgan fingerprint density at radius 1 is 1.00 bits per heavy atom. The molecule has 0 spiro atoms. The van der Waals surface area contributed by atoms with E-state index in [4.69, 9.17) is 16.6 Å². The molecule has 1 aromatic heterocycles. The first-order valence-corrected chi connectivity index (χ1v) is 7.83. The van der Waals surface area contributed by atoms with Gasteiger partial charge in [-0.1, -0.05) is 35.9 Å². The van der Waals surface area contributed by atoms with Crippen molar-refractivity contribution >= 4 is 11.6 Å². The summed E-state index contributed by atoms with van der Waals surface area (Å²) in [4.78, 5) is 9.48. The molecule has 0 radical (unpaired) electrons. The Kier molecular flexibility index (Phi) is 2.99. The quantitative estimate of drug-likeness (QED) is 0.737. The predicted molar refractivity (Wildman–Crippen MR) is 80.3 cm³/mol. The molecule has 102 valence electrons. The summed E-state index contributed by atoms with van der Waals surface area (Å²) in [5.74, 6) is 1.26. The zero-order valence-electron chi connectivity index (χ0n) is 11.4. The van der Waals surface area contributed by atoms with E-state index in [2.05, 4.69) is 29.2 Å². The number of hydrogen-bond acceptors (Lipinski definition) is 2. The SMILES string of the molecule is Clc1nc(C2CCc3ccccc32)nc2c1CCCC2. The van der Waals surface area contributed by atoms with Gasteiger partial charge in [0.15, 0.2) is 0 Å². The van der Waals surface area contributed by atoms with E-state index in [-0.39, 0.29) is 0 Å². The summed E-state index contributed by atoms with van der Waals surface area (Å²) in [5, 5.41) is 0.689. The highest BCUT2D eigenvalue weighted by molar-refractivity contribution is 6.30. The van der Waals surface area contributed by atoms with E-state index in [1.165, 1.54) is 35.2 Å². The fourth-order valence-corrected chi connectivity index (χ4v) is 3.84. The van der Waals surface area contributed by atoms with Gasteiger partial charge in [-0.25, -0.2) is 9.97 Å². The topological polar surface area (TPSA) is 25.8 Å². The number of hydrogen-bond donors (Lipinski definition) is 0. The Labute approximate surface area is 124 Å².